The molecule has 0 spiro atoms. The summed E-state index contributed by atoms with van der Waals surface area (Å²) in [6, 6.07) is -0.0783. The first-order valence-electron chi connectivity index (χ1n) is 12.5. The van der Waals surface area contributed by atoms with E-state index in [2.05, 4.69) is 0 Å². The lowest BCUT2D eigenvalue weighted by atomic mass is 9.73. The van der Waals surface area contributed by atoms with E-state index in [9.17, 15) is 18.3 Å². The molecule has 0 aromatic rings. The van der Waals surface area contributed by atoms with Gasteiger partial charge in [-0.1, -0.05) is 20.8 Å². The Bertz CT molecular complexity index is 767. The lowest BCUT2D eigenvalue weighted by Crippen LogP contribution is -2.57. The van der Waals surface area contributed by atoms with E-state index in [-0.39, 0.29) is 35.7 Å². The van der Waals surface area contributed by atoms with Gasteiger partial charge in [-0.3, -0.25) is 13.9 Å². The molecule has 2 fully saturated rings. The molecule has 2 N–H and O–H groups in total. The van der Waals surface area contributed by atoms with Gasteiger partial charge in [0.1, 0.15) is 6.17 Å². The molecule has 1 heterocycles. The predicted octanol–water partition coefficient (Wildman–Crippen LogP) is 6.97. The van der Waals surface area contributed by atoms with Gasteiger partial charge in [0, 0.05) is 35.6 Å². The van der Waals surface area contributed by atoms with Gasteiger partial charge in [0.15, 0.2) is 0 Å². The lowest BCUT2D eigenvalue weighted by molar-refractivity contribution is -0.145. The summed E-state index contributed by atoms with van der Waals surface area (Å²) in [6.45, 7) is 10.7. The van der Waals surface area contributed by atoms with E-state index in [1.807, 2.05) is 39.5 Å². The number of nitrogens with zero attached hydrogens (tertiary/aromatic N) is 1. The fourth-order valence-corrected chi connectivity index (χ4v) is 9.48. The molecule has 1 amide bonds. The zero-order chi connectivity index (χ0) is 25.5. The van der Waals surface area contributed by atoms with Crippen molar-refractivity contribution in [3.63, 3.8) is 0 Å². The van der Waals surface area contributed by atoms with Crippen LogP contribution in [-0.4, -0.2) is 66.9 Å². The quantitative estimate of drug-likeness (QED) is 0.368. The van der Waals surface area contributed by atoms with E-state index in [1.165, 1.54) is 6.08 Å². The number of rotatable bonds is 5. The van der Waals surface area contributed by atoms with Gasteiger partial charge < -0.3 is 9.64 Å². The molecule has 5 unspecified atom stereocenters. The number of hydrogen-bond acceptors (Lipinski definition) is 4. The van der Waals surface area contributed by atoms with Crippen molar-refractivity contribution in [1.82, 2.24) is 4.90 Å². The second-order valence-corrected chi connectivity index (χ2v) is 15.0. The second-order valence-electron chi connectivity index (χ2n) is 11.5. The highest BCUT2D eigenvalue weighted by molar-refractivity contribution is 8.28. The van der Waals surface area contributed by atoms with Crippen LogP contribution in [0.3, 0.4) is 0 Å². The summed E-state index contributed by atoms with van der Waals surface area (Å²) < 4.78 is 42.3. The summed E-state index contributed by atoms with van der Waals surface area (Å²) >= 11 is 13.2. The van der Waals surface area contributed by atoms with Crippen LogP contribution in [0.2, 0.25) is 0 Å². The van der Waals surface area contributed by atoms with Crippen LogP contribution in [0.1, 0.15) is 79.6 Å². The fraction of sp³-hybridized carbons (Fsp3) is 0.880. The highest BCUT2D eigenvalue weighted by Gasteiger charge is 2.54. The highest BCUT2D eigenvalue weighted by Crippen LogP contribution is 2.69. The number of carbonyl (C=O) groups excluding carboxylic acids is 1. The van der Waals surface area contributed by atoms with Crippen molar-refractivity contribution in [3.8, 4) is 0 Å². The summed E-state index contributed by atoms with van der Waals surface area (Å²) in [4.78, 5) is 15.7. The maximum atomic E-state index is 14.0. The summed E-state index contributed by atoms with van der Waals surface area (Å²) in [6.07, 6.45) is 3.95. The van der Waals surface area contributed by atoms with Crippen LogP contribution < -0.4 is 0 Å². The molecular formula is C25H42Cl2FNO4S. The predicted molar refractivity (Wildman–Crippen MR) is 140 cm³/mol. The van der Waals surface area contributed by atoms with E-state index in [0.29, 0.717) is 50.2 Å². The topological polar surface area (TPSA) is 70.0 Å². The summed E-state index contributed by atoms with van der Waals surface area (Å²) in [5, 5.41) is -1.13. The zero-order valence-electron chi connectivity index (χ0n) is 21.1. The number of hydrogen-bond donors (Lipinski definition) is 2. The number of alkyl halides is 3. The Labute approximate surface area is 216 Å². The van der Waals surface area contributed by atoms with Crippen molar-refractivity contribution >= 4 is 39.7 Å². The molecule has 5 nitrogen and oxygen atoms in total. The molecule has 0 aromatic heterocycles. The Morgan fingerprint density at radius 1 is 1.21 bits per heavy atom. The summed E-state index contributed by atoms with van der Waals surface area (Å²) in [7, 11) is -3.23. The first-order chi connectivity index (χ1) is 15.7. The van der Waals surface area contributed by atoms with Crippen LogP contribution in [0.15, 0.2) is 11.0 Å². The molecule has 0 radical (unpaired) electrons. The van der Waals surface area contributed by atoms with Crippen LogP contribution in [0, 0.1) is 11.3 Å². The van der Waals surface area contributed by atoms with Crippen LogP contribution >= 0.6 is 33.8 Å². The molecule has 2 aliphatic carbocycles. The van der Waals surface area contributed by atoms with Crippen molar-refractivity contribution in [2.24, 2.45) is 11.3 Å². The second kappa shape index (κ2) is 10.7. The van der Waals surface area contributed by atoms with E-state index in [1.54, 1.807) is 0 Å². The standard InChI is InChI=1S/C25H42Cl2FNO4S/c1-16(2)29(23(30)24(3,4)5)22-9-6-17(14-20(22)27)25(10-12-33-13-11-25)34(31,32)18-7-8-21(28)19(26)15-18/h15-17,19-22,31-32H,6-14H2,1-5H3. The van der Waals surface area contributed by atoms with Crippen LogP contribution in [-0.2, 0) is 9.53 Å². The minimum atomic E-state index is -3.23. The third-order valence-corrected chi connectivity index (χ3v) is 11.7. The normalized spacial score (nSPS) is 33.4. The molecule has 198 valence electrons. The highest BCUT2D eigenvalue weighted by atomic mass is 35.5. The van der Waals surface area contributed by atoms with Crippen molar-refractivity contribution in [2.75, 3.05) is 13.2 Å². The maximum Gasteiger partial charge on any atom is 0.228 e. The first-order valence-corrected chi connectivity index (χ1v) is 15.0. The molecule has 34 heavy (non-hydrogen) atoms. The third-order valence-electron chi connectivity index (χ3n) is 7.90. The Hall–Kier alpha value is -0.0500. The minimum Gasteiger partial charge on any atom is -0.381 e. The van der Waals surface area contributed by atoms with Crippen molar-refractivity contribution in [3.05, 3.63) is 11.0 Å². The molecule has 1 aliphatic heterocycles. The van der Waals surface area contributed by atoms with E-state index < -0.39 is 32.3 Å². The average molecular weight is 543 g/mol. The molecule has 3 rings (SSSR count). The van der Waals surface area contributed by atoms with Gasteiger partial charge in [0.2, 0.25) is 5.91 Å². The van der Waals surface area contributed by atoms with Crippen molar-refractivity contribution in [1.29, 1.82) is 0 Å². The van der Waals surface area contributed by atoms with Gasteiger partial charge in [-0.05, 0) is 70.8 Å². The fourth-order valence-electron chi connectivity index (χ4n) is 5.99. The van der Waals surface area contributed by atoms with Gasteiger partial charge >= 0.3 is 0 Å². The Kier molecular flexibility index (Phi) is 9.01. The van der Waals surface area contributed by atoms with Gasteiger partial charge in [0.05, 0.1) is 15.5 Å². The molecule has 9 heteroatoms. The zero-order valence-corrected chi connectivity index (χ0v) is 23.4. The SMILES string of the molecule is CC(C)N(C(=O)C(C)(C)C)C1CCC(C2(S(O)(O)C3=CC(Cl)C(F)CC3)CCOCC2)CC1Cl. The Balaban J connectivity index is 1.88. The molecule has 1 saturated heterocycles. The van der Waals surface area contributed by atoms with E-state index in [0.717, 1.165) is 6.42 Å². The van der Waals surface area contributed by atoms with E-state index >= 15 is 0 Å². The number of halogens is 3. The van der Waals surface area contributed by atoms with Crippen LogP contribution in [0.5, 0.6) is 0 Å². The van der Waals surface area contributed by atoms with Gasteiger partial charge in [-0.15, -0.1) is 23.2 Å². The monoisotopic (exact) mass is 541 g/mol. The van der Waals surface area contributed by atoms with Crippen LogP contribution in [0.4, 0.5) is 4.39 Å². The maximum absolute atomic E-state index is 14.0. The smallest absolute Gasteiger partial charge is 0.228 e. The van der Waals surface area contributed by atoms with Gasteiger partial charge in [-0.25, -0.2) is 4.39 Å². The number of ether oxygens (including phenoxy) is 1. The number of carbonyl (C=O) groups is 1. The molecular weight excluding hydrogens is 500 g/mol. The number of amides is 1. The largest absolute Gasteiger partial charge is 0.381 e. The molecule has 0 aromatic carbocycles. The summed E-state index contributed by atoms with van der Waals surface area (Å²) in [5.74, 6) is 0.0552. The third kappa shape index (κ3) is 5.45. The van der Waals surface area contributed by atoms with Gasteiger partial charge in [0.25, 0.3) is 0 Å². The Morgan fingerprint density at radius 2 is 1.82 bits per heavy atom. The molecule has 0 bridgehead atoms. The van der Waals surface area contributed by atoms with Crippen LogP contribution in [0.25, 0.3) is 0 Å². The lowest BCUT2D eigenvalue weighted by Gasteiger charge is -2.59. The van der Waals surface area contributed by atoms with Crippen molar-refractivity contribution in [2.45, 2.75) is 113 Å². The molecule has 3 aliphatic rings. The first kappa shape index (κ1) is 28.5. The number of allylic oxidation sites excluding steroid dienone is 2. The van der Waals surface area contributed by atoms with E-state index in [4.69, 9.17) is 27.9 Å². The molecule has 1 saturated carbocycles. The molecule has 5 atom stereocenters. The minimum absolute atomic E-state index is 0.0219. The Morgan fingerprint density at radius 3 is 2.32 bits per heavy atom. The summed E-state index contributed by atoms with van der Waals surface area (Å²) in [5.41, 5.74) is -0.505. The average Bonchev–Trinajstić information content (AvgIpc) is 2.76. The van der Waals surface area contributed by atoms with Gasteiger partial charge in [-0.2, -0.15) is 10.6 Å². The van der Waals surface area contributed by atoms with Crippen molar-refractivity contribution < 1.29 is 23.0 Å².